The van der Waals surface area contributed by atoms with Crippen molar-refractivity contribution in [1.29, 1.82) is 5.26 Å². The van der Waals surface area contributed by atoms with E-state index in [9.17, 15) is 9.00 Å². The number of carbonyl (C=O) groups is 1. The van der Waals surface area contributed by atoms with Gasteiger partial charge in [-0.2, -0.15) is 5.26 Å². The molecule has 5 nitrogen and oxygen atoms in total. The van der Waals surface area contributed by atoms with Gasteiger partial charge < -0.3 is 10.1 Å². The van der Waals surface area contributed by atoms with Gasteiger partial charge in [-0.15, -0.1) is 0 Å². The zero-order chi connectivity index (χ0) is 15.5. The van der Waals surface area contributed by atoms with Gasteiger partial charge in [0.2, 0.25) is 5.91 Å². The summed E-state index contributed by atoms with van der Waals surface area (Å²) in [4.78, 5) is 11.7. The lowest BCUT2D eigenvalue weighted by Crippen LogP contribution is -2.13. The Morgan fingerprint density at radius 2 is 2.14 bits per heavy atom. The Morgan fingerprint density at radius 1 is 1.38 bits per heavy atom. The Hall–Kier alpha value is -1.71. The molecule has 114 valence electrons. The molecule has 1 rings (SSSR count). The molecular formula is C15H20N2O3S. The summed E-state index contributed by atoms with van der Waals surface area (Å²) in [6, 6.07) is 8.79. The Bertz CT molecular complexity index is 526. The average molecular weight is 308 g/mol. The zero-order valence-corrected chi connectivity index (χ0v) is 12.9. The van der Waals surface area contributed by atoms with Gasteiger partial charge in [0.15, 0.2) is 0 Å². The van der Waals surface area contributed by atoms with Crippen molar-refractivity contribution in [3.8, 4) is 6.07 Å². The number of nitriles is 1. The topological polar surface area (TPSA) is 79.2 Å². The molecule has 1 aromatic carbocycles. The first-order valence-corrected chi connectivity index (χ1v) is 8.28. The Labute approximate surface area is 127 Å². The maximum absolute atomic E-state index is 11.7. The number of anilines is 1. The van der Waals surface area contributed by atoms with E-state index in [1.54, 1.807) is 31.4 Å². The number of carbonyl (C=O) groups excluding carboxylic acids is 1. The van der Waals surface area contributed by atoms with Gasteiger partial charge in [-0.05, 0) is 31.0 Å². The molecule has 0 spiro atoms. The second-order valence-electron chi connectivity index (χ2n) is 4.54. The van der Waals surface area contributed by atoms with E-state index < -0.39 is 10.8 Å². The Kier molecular flexibility index (Phi) is 8.32. The van der Waals surface area contributed by atoms with E-state index in [-0.39, 0.29) is 5.91 Å². The highest BCUT2D eigenvalue weighted by Crippen LogP contribution is 2.10. The number of nitrogens with one attached hydrogen (secondary N) is 1. The summed E-state index contributed by atoms with van der Waals surface area (Å²) in [5.41, 5.74) is 1.12. The first-order chi connectivity index (χ1) is 10.2. The number of hydrogen-bond donors (Lipinski definition) is 1. The minimum atomic E-state index is -0.893. The van der Waals surface area contributed by atoms with Crippen LogP contribution in [0.3, 0.4) is 0 Å². The minimum absolute atomic E-state index is 0.126. The fourth-order valence-corrected chi connectivity index (χ4v) is 2.86. The summed E-state index contributed by atoms with van der Waals surface area (Å²) < 4.78 is 16.5. The van der Waals surface area contributed by atoms with Crippen molar-refractivity contribution in [2.45, 2.75) is 19.3 Å². The van der Waals surface area contributed by atoms with Crippen molar-refractivity contribution in [1.82, 2.24) is 0 Å². The lowest BCUT2D eigenvalue weighted by atomic mass is 10.2. The predicted molar refractivity (Wildman–Crippen MR) is 83.4 cm³/mol. The van der Waals surface area contributed by atoms with Crippen molar-refractivity contribution in [3.63, 3.8) is 0 Å². The highest BCUT2D eigenvalue weighted by Gasteiger charge is 2.05. The second-order valence-corrected chi connectivity index (χ2v) is 6.23. The molecule has 0 saturated carbocycles. The quantitative estimate of drug-likeness (QED) is 0.708. The molecular weight excluding hydrogens is 288 g/mol. The van der Waals surface area contributed by atoms with E-state index in [0.717, 1.165) is 6.42 Å². The second kappa shape index (κ2) is 10.1. The lowest BCUT2D eigenvalue weighted by molar-refractivity contribution is -0.116. The van der Waals surface area contributed by atoms with Crippen LogP contribution in [0, 0.1) is 11.3 Å². The van der Waals surface area contributed by atoms with E-state index >= 15 is 0 Å². The van der Waals surface area contributed by atoms with Crippen LogP contribution in [0.4, 0.5) is 5.69 Å². The number of benzene rings is 1. The summed E-state index contributed by atoms with van der Waals surface area (Å²) in [6.07, 6.45) is 1.69. The van der Waals surface area contributed by atoms with Crippen LogP contribution in [-0.2, 0) is 20.3 Å². The maximum atomic E-state index is 11.7. The van der Waals surface area contributed by atoms with Crippen LogP contribution in [0.1, 0.15) is 24.8 Å². The van der Waals surface area contributed by atoms with Crippen molar-refractivity contribution < 1.29 is 13.7 Å². The molecule has 0 saturated heterocycles. The largest absolute Gasteiger partial charge is 0.385 e. The summed E-state index contributed by atoms with van der Waals surface area (Å²) in [5, 5.41) is 11.5. The number of rotatable bonds is 9. The van der Waals surface area contributed by atoms with Gasteiger partial charge in [-0.3, -0.25) is 9.00 Å². The molecule has 21 heavy (non-hydrogen) atoms. The van der Waals surface area contributed by atoms with Crippen molar-refractivity contribution in [2.24, 2.45) is 0 Å². The third kappa shape index (κ3) is 7.59. The van der Waals surface area contributed by atoms with Crippen LogP contribution in [-0.4, -0.2) is 35.3 Å². The van der Waals surface area contributed by atoms with E-state index in [0.29, 0.717) is 42.2 Å². The number of methoxy groups -OCH3 is 1. The zero-order valence-electron chi connectivity index (χ0n) is 12.1. The highest BCUT2D eigenvalue weighted by molar-refractivity contribution is 7.84. The summed E-state index contributed by atoms with van der Waals surface area (Å²) in [7, 11) is 0.727. The molecule has 0 aliphatic heterocycles. The average Bonchev–Trinajstić information content (AvgIpc) is 2.47. The van der Waals surface area contributed by atoms with Gasteiger partial charge in [0.25, 0.3) is 0 Å². The predicted octanol–water partition coefficient (Wildman–Crippen LogP) is 2.06. The van der Waals surface area contributed by atoms with Crippen LogP contribution >= 0.6 is 0 Å². The van der Waals surface area contributed by atoms with Crippen molar-refractivity contribution >= 4 is 22.4 Å². The smallest absolute Gasteiger partial charge is 0.224 e. The fraction of sp³-hybridized carbons (Fsp3) is 0.467. The molecule has 1 N–H and O–H groups in total. The molecule has 0 aliphatic rings. The molecule has 0 aromatic heterocycles. The van der Waals surface area contributed by atoms with Gasteiger partial charge in [-0.25, -0.2) is 0 Å². The summed E-state index contributed by atoms with van der Waals surface area (Å²) in [5.74, 6) is 1.01. The van der Waals surface area contributed by atoms with Gasteiger partial charge in [0.05, 0.1) is 11.6 Å². The molecule has 0 bridgehead atoms. The Morgan fingerprint density at radius 3 is 2.86 bits per heavy atom. The van der Waals surface area contributed by atoms with Gasteiger partial charge in [-0.1, -0.05) is 6.07 Å². The Balaban J connectivity index is 2.25. The first kappa shape index (κ1) is 17.3. The molecule has 1 amide bonds. The standard InChI is InChI=1S/C15H20N2O3S/c1-20-8-4-10-21(19)9-3-7-15(18)17-14-6-2-5-13(11-14)12-16/h2,5-6,11H,3-4,7-10H2,1H3,(H,17,18). The van der Waals surface area contributed by atoms with Crippen LogP contribution < -0.4 is 5.32 Å². The molecule has 0 aliphatic carbocycles. The fourth-order valence-electron chi connectivity index (χ4n) is 1.75. The third-order valence-electron chi connectivity index (χ3n) is 2.77. The van der Waals surface area contributed by atoms with E-state index in [4.69, 9.17) is 10.00 Å². The van der Waals surface area contributed by atoms with Crippen LogP contribution in [0.5, 0.6) is 0 Å². The summed E-state index contributed by atoms with van der Waals surface area (Å²) in [6.45, 7) is 0.613. The number of nitrogens with zero attached hydrogens (tertiary/aromatic N) is 1. The van der Waals surface area contributed by atoms with Crippen LogP contribution in [0.2, 0.25) is 0 Å². The van der Waals surface area contributed by atoms with Gasteiger partial charge >= 0.3 is 0 Å². The molecule has 0 radical (unpaired) electrons. The molecule has 0 heterocycles. The summed E-state index contributed by atoms with van der Waals surface area (Å²) >= 11 is 0. The monoisotopic (exact) mass is 308 g/mol. The van der Waals surface area contributed by atoms with E-state index in [1.165, 1.54) is 0 Å². The number of ether oxygens (including phenoxy) is 1. The number of hydrogen-bond acceptors (Lipinski definition) is 4. The number of amides is 1. The van der Waals surface area contributed by atoms with Crippen LogP contribution in [0.25, 0.3) is 0 Å². The van der Waals surface area contributed by atoms with E-state index in [1.807, 2.05) is 6.07 Å². The SMILES string of the molecule is COCCCS(=O)CCCC(=O)Nc1cccc(C#N)c1. The normalized spacial score (nSPS) is 11.6. The lowest BCUT2D eigenvalue weighted by Gasteiger charge is -2.05. The van der Waals surface area contributed by atoms with Crippen LogP contribution in [0.15, 0.2) is 24.3 Å². The van der Waals surface area contributed by atoms with Crippen molar-refractivity contribution in [3.05, 3.63) is 29.8 Å². The molecule has 6 heteroatoms. The van der Waals surface area contributed by atoms with Crippen molar-refractivity contribution in [2.75, 3.05) is 30.5 Å². The highest BCUT2D eigenvalue weighted by atomic mass is 32.2. The maximum Gasteiger partial charge on any atom is 0.224 e. The molecule has 1 unspecified atom stereocenters. The first-order valence-electron chi connectivity index (χ1n) is 6.79. The van der Waals surface area contributed by atoms with Gasteiger partial charge in [0.1, 0.15) is 0 Å². The third-order valence-corrected chi connectivity index (χ3v) is 4.26. The van der Waals surface area contributed by atoms with E-state index in [2.05, 4.69) is 5.32 Å². The minimum Gasteiger partial charge on any atom is -0.385 e. The molecule has 1 atom stereocenters. The molecule has 0 fully saturated rings. The molecule has 1 aromatic rings. The van der Waals surface area contributed by atoms with Gasteiger partial charge in [0, 0.05) is 48.1 Å².